The van der Waals surface area contributed by atoms with Gasteiger partial charge in [0.1, 0.15) is 5.92 Å². The molecule has 0 radical (unpaired) electrons. The summed E-state index contributed by atoms with van der Waals surface area (Å²) in [5, 5.41) is 2.85. The second-order valence-electron chi connectivity index (χ2n) is 6.20. The fourth-order valence-electron chi connectivity index (χ4n) is 2.95. The van der Waals surface area contributed by atoms with Gasteiger partial charge in [0.2, 0.25) is 5.91 Å². The second-order valence-corrected chi connectivity index (χ2v) is 6.20. The minimum absolute atomic E-state index is 0.246. The molecule has 5 heteroatoms. The Morgan fingerprint density at radius 1 is 0.963 bits per heavy atom. The maximum absolute atomic E-state index is 12.7. The molecule has 0 aliphatic carbocycles. The first kappa shape index (κ1) is 20.5. The summed E-state index contributed by atoms with van der Waals surface area (Å²) in [6.07, 6.45) is 0.309. The minimum atomic E-state index is -0.880. The van der Waals surface area contributed by atoms with Gasteiger partial charge in [-0.25, -0.2) is 0 Å². The summed E-state index contributed by atoms with van der Waals surface area (Å²) in [6.45, 7) is 8.03. The number of ether oxygens (including phenoxy) is 1. The molecule has 0 heterocycles. The summed E-state index contributed by atoms with van der Waals surface area (Å²) < 4.78 is 5.11. The van der Waals surface area contributed by atoms with Crippen molar-refractivity contribution in [2.75, 3.05) is 29.9 Å². The number of carbonyl (C=O) groups excluding carboxylic acids is 2. The number of nitrogens with one attached hydrogen (secondary N) is 1. The molecule has 0 fully saturated rings. The molecule has 0 aliphatic rings. The second kappa shape index (κ2) is 10.4. The lowest BCUT2D eigenvalue weighted by Gasteiger charge is -2.21. The largest absolute Gasteiger partial charge is 0.465 e. The molecular formula is C22H28N2O3. The van der Waals surface area contributed by atoms with Crippen LogP contribution in [0.2, 0.25) is 0 Å². The highest BCUT2D eigenvalue weighted by atomic mass is 16.5. The van der Waals surface area contributed by atoms with E-state index < -0.39 is 11.9 Å². The van der Waals surface area contributed by atoms with Crippen LogP contribution in [-0.4, -0.2) is 31.6 Å². The molecule has 2 aromatic carbocycles. The average Bonchev–Trinajstić information content (AvgIpc) is 2.69. The Labute approximate surface area is 161 Å². The van der Waals surface area contributed by atoms with Crippen molar-refractivity contribution in [1.29, 1.82) is 0 Å². The highest BCUT2D eigenvalue weighted by Gasteiger charge is 2.28. The molecule has 0 saturated carbocycles. The smallest absolute Gasteiger partial charge is 0.318 e. The predicted molar refractivity (Wildman–Crippen MR) is 109 cm³/mol. The van der Waals surface area contributed by atoms with Crippen LogP contribution >= 0.6 is 0 Å². The number of anilines is 2. The Hall–Kier alpha value is -2.82. The van der Waals surface area contributed by atoms with E-state index in [4.69, 9.17) is 4.74 Å². The molecule has 144 valence electrons. The lowest BCUT2D eigenvalue weighted by Crippen LogP contribution is -2.33. The van der Waals surface area contributed by atoms with Crippen molar-refractivity contribution in [2.45, 2.75) is 27.2 Å². The van der Waals surface area contributed by atoms with E-state index in [9.17, 15) is 9.59 Å². The van der Waals surface area contributed by atoms with Gasteiger partial charge in [-0.15, -0.1) is 0 Å². The number of hydrogen-bond acceptors (Lipinski definition) is 4. The quantitative estimate of drug-likeness (QED) is 0.539. The number of hydrogen-bond donors (Lipinski definition) is 1. The lowest BCUT2D eigenvalue weighted by atomic mass is 9.98. The molecule has 1 atom stereocenters. The van der Waals surface area contributed by atoms with Crippen LogP contribution in [0.3, 0.4) is 0 Å². The van der Waals surface area contributed by atoms with E-state index in [1.165, 1.54) is 0 Å². The molecular weight excluding hydrogens is 340 g/mol. The van der Waals surface area contributed by atoms with Crippen molar-refractivity contribution in [2.24, 2.45) is 5.92 Å². The number of carbonyl (C=O) groups is 2. The van der Waals surface area contributed by atoms with Crippen LogP contribution in [0.1, 0.15) is 26.3 Å². The third-order valence-electron chi connectivity index (χ3n) is 4.43. The molecule has 0 aromatic heterocycles. The van der Waals surface area contributed by atoms with Gasteiger partial charge in [-0.1, -0.05) is 30.3 Å². The van der Waals surface area contributed by atoms with Gasteiger partial charge in [-0.3, -0.25) is 9.59 Å². The van der Waals surface area contributed by atoms with Crippen LogP contribution in [0.25, 0.3) is 0 Å². The van der Waals surface area contributed by atoms with Crippen molar-refractivity contribution in [3.05, 3.63) is 60.2 Å². The van der Waals surface area contributed by atoms with Crippen molar-refractivity contribution < 1.29 is 14.3 Å². The van der Waals surface area contributed by atoms with Crippen molar-refractivity contribution in [3.63, 3.8) is 0 Å². The first-order valence-electron chi connectivity index (χ1n) is 9.45. The van der Waals surface area contributed by atoms with E-state index in [0.29, 0.717) is 12.1 Å². The predicted octanol–water partition coefficient (Wildman–Crippen LogP) is 3.89. The van der Waals surface area contributed by atoms with Crippen LogP contribution < -0.4 is 10.2 Å². The summed E-state index contributed by atoms with van der Waals surface area (Å²) >= 11 is 0. The van der Waals surface area contributed by atoms with Gasteiger partial charge in [0.05, 0.1) is 6.61 Å². The van der Waals surface area contributed by atoms with Crippen molar-refractivity contribution in [1.82, 2.24) is 0 Å². The van der Waals surface area contributed by atoms with E-state index in [2.05, 4.69) is 24.1 Å². The number of esters is 1. The Morgan fingerprint density at radius 3 is 2.15 bits per heavy atom. The normalized spacial score (nSPS) is 11.5. The third-order valence-corrected chi connectivity index (χ3v) is 4.43. The zero-order valence-corrected chi connectivity index (χ0v) is 16.3. The zero-order chi connectivity index (χ0) is 19.6. The van der Waals surface area contributed by atoms with E-state index in [1.54, 1.807) is 6.92 Å². The standard InChI is InChI=1S/C22H28N2O3/c1-4-24(5-2)19-14-12-18(13-15-19)23-21(25)20(22(26)27-6-3)16-17-10-8-7-9-11-17/h7-15,20H,4-6,16H2,1-3H3,(H,23,25)/t20-/m1/s1. The third kappa shape index (κ3) is 5.84. The van der Waals surface area contributed by atoms with Gasteiger partial charge < -0.3 is 15.0 Å². The molecule has 0 aliphatic heterocycles. The molecule has 0 saturated heterocycles. The Bertz CT molecular complexity index is 725. The van der Waals surface area contributed by atoms with Crippen LogP contribution in [-0.2, 0) is 20.7 Å². The molecule has 0 unspecified atom stereocenters. The van der Waals surface area contributed by atoms with Gasteiger partial charge >= 0.3 is 5.97 Å². The minimum Gasteiger partial charge on any atom is -0.465 e. The molecule has 1 amide bonds. The molecule has 27 heavy (non-hydrogen) atoms. The fourth-order valence-corrected chi connectivity index (χ4v) is 2.95. The van der Waals surface area contributed by atoms with Gasteiger partial charge in [0.25, 0.3) is 0 Å². The molecule has 0 bridgehead atoms. The highest BCUT2D eigenvalue weighted by molar-refractivity contribution is 6.05. The first-order chi connectivity index (χ1) is 13.1. The van der Waals surface area contributed by atoms with Crippen molar-refractivity contribution in [3.8, 4) is 0 Å². The molecule has 0 spiro atoms. The Morgan fingerprint density at radius 2 is 1.59 bits per heavy atom. The number of benzene rings is 2. The Balaban J connectivity index is 2.11. The van der Waals surface area contributed by atoms with Gasteiger partial charge in [-0.05, 0) is 57.0 Å². The monoisotopic (exact) mass is 368 g/mol. The van der Waals surface area contributed by atoms with Crippen LogP contribution in [0.15, 0.2) is 54.6 Å². The van der Waals surface area contributed by atoms with Gasteiger partial charge in [0, 0.05) is 24.5 Å². The highest BCUT2D eigenvalue weighted by Crippen LogP contribution is 2.19. The SMILES string of the molecule is CCOC(=O)[C@H](Cc1ccccc1)C(=O)Nc1ccc(N(CC)CC)cc1. The molecule has 2 rings (SSSR count). The van der Waals surface area contributed by atoms with Crippen LogP contribution in [0, 0.1) is 5.92 Å². The average molecular weight is 368 g/mol. The number of amides is 1. The van der Waals surface area contributed by atoms with Gasteiger partial charge in [-0.2, -0.15) is 0 Å². The van der Waals surface area contributed by atoms with Crippen LogP contribution in [0.4, 0.5) is 11.4 Å². The van der Waals surface area contributed by atoms with E-state index in [0.717, 1.165) is 24.3 Å². The summed E-state index contributed by atoms with van der Waals surface area (Å²) in [5.74, 6) is -1.73. The van der Waals surface area contributed by atoms with E-state index in [-0.39, 0.29) is 12.5 Å². The number of nitrogens with zero attached hydrogens (tertiary/aromatic N) is 1. The van der Waals surface area contributed by atoms with E-state index >= 15 is 0 Å². The van der Waals surface area contributed by atoms with Gasteiger partial charge in [0.15, 0.2) is 0 Å². The molecule has 5 nitrogen and oxygen atoms in total. The van der Waals surface area contributed by atoms with Crippen molar-refractivity contribution >= 4 is 23.3 Å². The lowest BCUT2D eigenvalue weighted by molar-refractivity contribution is -0.150. The van der Waals surface area contributed by atoms with Crippen LogP contribution in [0.5, 0.6) is 0 Å². The summed E-state index contributed by atoms with van der Waals surface area (Å²) in [6, 6.07) is 17.1. The first-order valence-corrected chi connectivity index (χ1v) is 9.45. The summed E-state index contributed by atoms with van der Waals surface area (Å²) in [5.41, 5.74) is 2.69. The maximum Gasteiger partial charge on any atom is 0.318 e. The maximum atomic E-state index is 12.7. The Kier molecular flexibility index (Phi) is 7.86. The fraction of sp³-hybridized carbons (Fsp3) is 0.364. The molecule has 1 N–H and O–H groups in total. The zero-order valence-electron chi connectivity index (χ0n) is 16.3. The summed E-state index contributed by atoms with van der Waals surface area (Å²) in [4.78, 5) is 27.3. The molecule has 2 aromatic rings. The topological polar surface area (TPSA) is 58.6 Å². The summed E-state index contributed by atoms with van der Waals surface area (Å²) in [7, 11) is 0. The van der Waals surface area contributed by atoms with E-state index in [1.807, 2.05) is 54.6 Å². The number of rotatable bonds is 9.